The van der Waals surface area contributed by atoms with Crippen LogP contribution in [-0.4, -0.2) is 18.2 Å². The fourth-order valence-corrected chi connectivity index (χ4v) is 1.95. The van der Waals surface area contributed by atoms with Crippen LogP contribution in [0.2, 0.25) is 0 Å². The number of nitrogens with two attached hydrogens (primary N) is 1. The summed E-state index contributed by atoms with van der Waals surface area (Å²) in [4.78, 5) is 12.3. The van der Waals surface area contributed by atoms with Crippen molar-refractivity contribution in [3.63, 3.8) is 0 Å². The van der Waals surface area contributed by atoms with Crippen LogP contribution in [0, 0.1) is 0 Å². The molecule has 2 aromatic rings. The van der Waals surface area contributed by atoms with E-state index in [-0.39, 0.29) is 5.91 Å². The minimum atomic E-state index is -0.340. The molecule has 0 saturated heterocycles. The van der Waals surface area contributed by atoms with E-state index in [1.165, 1.54) is 0 Å². The van der Waals surface area contributed by atoms with Gasteiger partial charge in [-0.15, -0.1) is 0 Å². The average Bonchev–Trinajstić information content (AvgIpc) is 2.57. The predicted molar refractivity (Wildman–Crippen MR) is 92.7 cm³/mol. The van der Waals surface area contributed by atoms with Crippen LogP contribution in [0.5, 0.6) is 5.75 Å². The van der Waals surface area contributed by atoms with E-state index in [1.54, 1.807) is 49.4 Å². The van der Waals surface area contributed by atoms with Crippen molar-refractivity contribution in [1.82, 2.24) is 5.43 Å². The van der Waals surface area contributed by atoms with E-state index in [4.69, 9.17) is 10.5 Å². The zero-order valence-electron chi connectivity index (χ0n) is 13.0. The summed E-state index contributed by atoms with van der Waals surface area (Å²) in [5.74, 6) is 0.148. The van der Waals surface area contributed by atoms with Gasteiger partial charge in [-0.3, -0.25) is 4.79 Å². The van der Waals surface area contributed by atoms with Gasteiger partial charge < -0.3 is 10.5 Å². The fourth-order valence-electron chi connectivity index (χ4n) is 1.95. The molecule has 0 aliphatic rings. The van der Waals surface area contributed by atoms with Gasteiger partial charge in [-0.1, -0.05) is 36.9 Å². The zero-order chi connectivity index (χ0) is 16.7. The van der Waals surface area contributed by atoms with E-state index < -0.39 is 0 Å². The smallest absolute Gasteiger partial charge is 0.275 e. The fraction of sp³-hybridized carbons (Fsp3) is 0.111. The maximum absolute atomic E-state index is 12.3. The number of para-hydroxylation sites is 1. The Morgan fingerprint density at radius 1 is 1.30 bits per heavy atom. The first kappa shape index (κ1) is 16.3. The first-order chi connectivity index (χ1) is 11.1. The molecule has 118 valence electrons. The van der Waals surface area contributed by atoms with Gasteiger partial charge in [0.15, 0.2) is 0 Å². The molecule has 0 heterocycles. The van der Waals surface area contributed by atoms with Crippen molar-refractivity contribution in [2.24, 2.45) is 5.10 Å². The number of nitrogens with one attached hydrogen (secondary N) is 1. The molecule has 23 heavy (non-hydrogen) atoms. The normalized spacial score (nSPS) is 10.9. The molecule has 0 unspecified atom stereocenters. The number of nitrogens with zero attached hydrogens (tertiary/aromatic N) is 1. The van der Waals surface area contributed by atoms with Crippen LogP contribution in [0.15, 0.2) is 66.3 Å². The highest BCUT2D eigenvalue weighted by Gasteiger charge is 2.11. The predicted octanol–water partition coefficient (Wildman–Crippen LogP) is 2.99. The molecule has 0 radical (unpaired) electrons. The Hall–Kier alpha value is -3.08. The topological polar surface area (TPSA) is 76.7 Å². The first-order valence-electron chi connectivity index (χ1n) is 7.15. The Morgan fingerprint density at radius 3 is 2.83 bits per heavy atom. The summed E-state index contributed by atoms with van der Waals surface area (Å²) in [7, 11) is 0. The highest BCUT2D eigenvalue weighted by molar-refractivity contribution is 6.02. The molecule has 0 bridgehead atoms. The number of hydrogen-bond donors (Lipinski definition) is 2. The Kier molecular flexibility index (Phi) is 5.52. The third-order valence-corrected chi connectivity index (χ3v) is 3.12. The van der Waals surface area contributed by atoms with E-state index in [0.29, 0.717) is 29.3 Å². The molecule has 1 amide bonds. The Labute approximate surface area is 135 Å². The lowest BCUT2D eigenvalue weighted by molar-refractivity contribution is 0.0951. The van der Waals surface area contributed by atoms with E-state index in [9.17, 15) is 4.79 Å². The van der Waals surface area contributed by atoms with Crippen molar-refractivity contribution in [2.75, 3.05) is 12.3 Å². The number of hydrazone groups is 1. The van der Waals surface area contributed by atoms with Gasteiger partial charge in [0.25, 0.3) is 5.91 Å². The van der Waals surface area contributed by atoms with Gasteiger partial charge in [0.2, 0.25) is 0 Å². The maximum atomic E-state index is 12.3. The summed E-state index contributed by atoms with van der Waals surface area (Å²) < 4.78 is 5.47. The molecule has 5 heteroatoms. The van der Waals surface area contributed by atoms with Crippen LogP contribution in [0.4, 0.5) is 5.69 Å². The molecule has 3 N–H and O–H groups in total. The average molecular weight is 309 g/mol. The molecule has 0 spiro atoms. The van der Waals surface area contributed by atoms with Crippen LogP contribution in [-0.2, 0) is 0 Å². The summed E-state index contributed by atoms with van der Waals surface area (Å²) in [6.07, 6.45) is 1.62. The van der Waals surface area contributed by atoms with E-state index in [0.717, 1.165) is 5.56 Å². The number of rotatable bonds is 6. The maximum Gasteiger partial charge on any atom is 0.275 e. The van der Waals surface area contributed by atoms with Gasteiger partial charge in [0.1, 0.15) is 12.4 Å². The number of carbonyl (C=O) groups is 1. The second kappa shape index (κ2) is 7.79. The molecule has 0 saturated carbocycles. The third-order valence-electron chi connectivity index (χ3n) is 3.12. The van der Waals surface area contributed by atoms with Crippen molar-refractivity contribution in [3.8, 4) is 5.75 Å². The number of nitrogen functional groups attached to an aromatic ring is 1. The van der Waals surface area contributed by atoms with Crippen LogP contribution in [0.1, 0.15) is 22.8 Å². The molecular weight excluding hydrogens is 290 g/mol. The number of carbonyl (C=O) groups excluding carboxylic acids is 1. The lowest BCUT2D eigenvalue weighted by atomic mass is 10.1. The lowest BCUT2D eigenvalue weighted by Crippen LogP contribution is -2.20. The lowest BCUT2D eigenvalue weighted by Gasteiger charge is -2.09. The van der Waals surface area contributed by atoms with Crippen molar-refractivity contribution >= 4 is 17.3 Å². The van der Waals surface area contributed by atoms with Crippen LogP contribution in [0.25, 0.3) is 0 Å². The number of ether oxygens (including phenoxy) is 1. The summed E-state index contributed by atoms with van der Waals surface area (Å²) in [6.45, 7) is 5.72. The second-order valence-electron chi connectivity index (χ2n) is 4.86. The molecule has 0 fully saturated rings. The van der Waals surface area contributed by atoms with Crippen LogP contribution >= 0.6 is 0 Å². The zero-order valence-corrected chi connectivity index (χ0v) is 13.0. The summed E-state index contributed by atoms with van der Waals surface area (Å²) >= 11 is 0. The van der Waals surface area contributed by atoms with Gasteiger partial charge in [-0.05, 0) is 36.8 Å². The molecule has 0 aliphatic heterocycles. The minimum absolute atomic E-state index is 0.329. The van der Waals surface area contributed by atoms with Gasteiger partial charge in [0, 0.05) is 5.69 Å². The third kappa shape index (κ3) is 4.44. The van der Waals surface area contributed by atoms with Gasteiger partial charge in [0.05, 0.1) is 11.3 Å². The number of benzene rings is 2. The molecule has 2 rings (SSSR count). The van der Waals surface area contributed by atoms with Crippen molar-refractivity contribution in [3.05, 3.63) is 72.3 Å². The number of anilines is 1. The Morgan fingerprint density at radius 2 is 2.09 bits per heavy atom. The standard InChI is InChI=1S/C18H19N3O2/c1-3-11-23-17-10-5-4-9-16(17)18(22)21-20-13(2)14-7-6-8-15(19)12-14/h3-10,12H,1,11,19H2,2H3,(H,21,22). The molecule has 5 nitrogen and oxygen atoms in total. The second-order valence-corrected chi connectivity index (χ2v) is 4.86. The van der Waals surface area contributed by atoms with E-state index >= 15 is 0 Å². The van der Waals surface area contributed by atoms with Crippen molar-refractivity contribution < 1.29 is 9.53 Å². The summed E-state index contributed by atoms with van der Waals surface area (Å²) in [5.41, 5.74) is 10.8. The van der Waals surface area contributed by atoms with Gasteiger partial charge in [-0.25, -0.2) is 5.43 Å². The van der Waals surface area contributed by atoms with E-state index in [1.807, 2.05) is 12.1 Å². The van der Waals surface area contributed by atoms with Crippen molar-refractivity contribution in [1.29, 1.82) is 0 Å². The summed E-state index contributed by atoms with van der Waals surface area (Å²) in [6, 6.07) is 14.3. The SMILES string of the molecule is C=CCOc1ccccc1C(=O)NN=C(C)c1cccc(N)c1. The Bertz CT molecular complexity index is 739. The molecular formula is C18H19N3O2. The largest absolute Gasteiger partial charge is 0.489 e. The highest BCUT2D eigenvalue weighted by Crippen LogP contribution is 2.17. The highest BCUT2D eigenvalue weighted by atomic mass is 16.5. The number of amides is 1. The quantitative estimate of drug-likeness (QED) is 0.373. The number of hydrogen-bond acceptors (Lipinski definition) is 4. The Balaban J connectivity index is 2.13. The van der Waals surface area contributed by atoms with Crippen LogP contribution in [0.3, 0.4) is 0 Å². The molecule has 2 aromatic carbocycles. The minimum Gasteiger partial charge on any atom is -0.489 e. The monoisotopic (exact) mass is 309 g/mol. The molecule has 0 aromatic heterocycles. The van der Waals surface area contributed by atoms with Gasteiger partial charge >= 0.3 is 0 Å². The van der Waals surface area contributed by atoms with E-state index in [2.05, 4.69) is 17.1 Å². The van der Waals surface area contributed by atoms with Crippen LogP contribution < -0.4 is 15.9 Å². The molecule has 0 atom stereocenters. The van der Waals surface area contributed by atoms with Crippen molar-refractivity contribution in [2.45, 2.75) is 6.92 Å². The first-order valence-corrected chi connectivity index (χ1v) is 7.15. The van der Waals surface area contributed by atoms with Gasteiger partial charge in [-0.2, -0.15) is 5.10 Å². The molecule has 0 aliphatic carbocycles. The summed E-state index contributed by atoms with van der Waals surface area (Å²) in [5, 5.41) is 4.12.